The lowest BCUT2D eigenvalue weighted by atomic mass is 9.64. The van der Waals surface area contributed by atoms with Crippen molar-refractivity contribution in [2.24, 2.45) is 0 Å². The molecule has 3 aliphatic heterocycles. The third-order valence-corrected chi connectivity index (χ3v) is 20.0. The average Bonchev–Trinajstić information content (AvgIpc) is 3.96. The van der Waals surface area contributed by atoms with E-state index in [-0.39, 0.29) is 5.41 Å². The fraction of sp³-hybridized carbons (Fsp3) is 0.0690. The molecule has 0 fully saturated rings. The van der Waals surface area contributed by atoms with Crippen molar-refractivity contribution in [3.63, 3.8) is 0 Å². The number of hydrogen-bond donors (Lipinski definition) is 0. The van der Waals surface area contributed by atoms with Gasteiger partial charge < -0.3 is 4.90 Å². The Kier molecular flexibility index (Phi) is 6.13. The zero-order chi connectivity index (χ0) is 39.5. The predicted molar refractivity (Wildman–Crippen MR) is 251 cm³/mol. The van der Waals surface area contributed by atoms with E-state index < -0.39 is 13.5 Å². The summed E-state index contributed by atoms with van der Waals surface area (Å²) < 4.78 is 0. The van der Waals surface area contributed by atoms with E-state index in [2.05, 4.69) is 219 Å². The predicted octanol–water partition coefficient (Wildman–Crippen LogP) is 11.5. The van der Waals surface area contributed by atoms with Crippen molar-refractivity contribution in [3.05, 3.63) is 234 Å². The second kappa shape index (κ2) is 11.2. The van der Waals surface area contributed by atoms with Gasteiger partial charge in [-0.25, -0.2) is 0 Å². The quantitative estimate of drug-likeness (QED) is 0.150. The molecule has 2 aliphatic carbocycles. The van der Waals surface area contributed by atoms with Gasteiger partial charge in [0.05, 0.1) is 22.5 Å². The maximum Gasteiger partial charge on any atom is 0.182 e. The summed E-state index contributed by atoms with van der Waals surface area (Å²) in [5.41, 5.74) is 22.3. The van der Waals surface area contributed by atoms with Gasteiger partial charge in [-0.2, -0.15) is 0 Å². The first-order chi connectivity index (χ1) is 29.6. The highest BCUT2D eigenvalue weighted by Crippen LogP contribution is 2.65. The topological polar surface area (TPSA) is 3.24 Å². The van der Waals surface area contributed by atoms with E-state index in [9.17, 15) is 0 Å². The van der Waals surface area contributed by atoms with E-state index in [0.717, 1.165) is 0 Å². The summed E-state index contributed by atoms with van der Waals surface area (Å²) in [6, 6.07) is 77.0. The van der Waals surface area contributed by atoms with Crippen LogP contribution in [0.2, 0.25) is 0 Å². The third-order valence-electron chi connectivity index (χ3n) is 15.0. The third kappa shape index (κ3) is 3.57. The molecule has 0 unspecified atom stereocenters. The van der Waals surface area contributed by atoms with Crippen molar-refractivity contribution in [2.45, 2.75) is 24.7 Å². The Bertz CT molecular complexity index is 3250. The highest BCUT2D eigenvalue weighted by molar-refractivity contribution is 7.24. The standard InChI is InChI=1S/C58H39NSi/c1-57(2)42-25-9-5-23-40(42)54-49(35-53-55(56(54)57)41-24-8-18-34-52(41)60(53)50-32-16-6-21-38(50)39-22-7-17-33-51(39)60)59-47-30-14-12-28-45(47)58(46-29-13-15-31-48(46)59)43-26-10-3-19-36(43)37-20-4-11-27-44(37)58/h3-35H,1-2H3. The molecule has 5 aliphatic rings. The van der Waals surface area contributed by atoms with Gasteiger partial charge in [0.1, 0.15) is 0 Å². The van der Waals surface area contributed by atoms with Crippen LogP contribution >= 0.6 is 0 Å². The SMILES string of the molecule is CC1(C)c2ccccc2-c2c(N3c4ccccc4C4(c5ccccc5-c5ccccc54)c4ccccc43)cc3c(c21)-c1ccccc1[Si]31c2ccccc2-c2ccccc21. The minimum atomic E-state index is -2.79. The van der Waals surface area contributed by atoms with Crippen LogP contribution in [0.5, 0.6) is 0 Å². The second-order valence-electron chi connectivity index (χ2n) is 17.8. The average molecular weight is 778 g/mol. The van der Waals surface area contributed by atoms with Gasteiger partial charge in [-0.3, -0.25) is 0 Å². The summed E-state index contributed by atoms with van der Waals surface area (Å²) in [6.07, 6.45) is 0. The van der Waals surface area contributed by atoms with Crippen molar-refractivity contribution in [2.75, 3.05) is 4.90 Å². The van der Waals surface area contributed by atoms with Crippen molar-refractivity contribution in [3.8, 4) is 44.5 Å². The zero-order valence-electron chi connectivity index (χ0n) is 33.5. The molecule has 3 heterocycles. The van der Waals surface area contributed by atoms with Gasteiger partial charge >= 0.3 is 0 Å². The Labute approximate surface area is 351 Å². The van der Waals surface area contributed by atoms with Crippen LogP contribution < -0.4 is 25.6 Å². The van der Waals surface area contributed by atoms with E-state index in [1.165, 1.54) is 116 Å². The molecular formula is C58H39NSi. The van der Waals surface area contributed by atoms with Gasteiger partial charge in [0.15, 0.2) is 8.07 Å². The molecule has 1 nitrogen and oxygen atoms in total. The van der Waals surface area contributed by atoms with E-state index in [1.54, 1.807) is 0 Å². The lowest BCUT2D eigenvalue weighted by Gasteiger charge is -2.45. The zero-order valence-corrected chi connectivity index (χ0v) is 34.5. The normalized spacial score (nSPS) is 16.2. The summed E-state index contributed by atoms with van der Waals surface area (Å²) in [4.78, 5) is 2.68. The van der Waals surface area contributed by atoms with E-state index >= 15 is 0 Å². The molecule has 0 saturated heterocycles. The molecule has 14 rings (SSSR count). The van der Waals surface area contributed by atoms with E-state index in [1.807, 2.05) is 0 Å². The van der Waals surface area contributed by atoms with Crippen molar-refractivity contribution in [1.29, 1.82) is 0 Å². The molecule has 9 aromatic rings. The minimum absolute atomic E-state index is 0.240. The number of anilines is 3. The molecule has 60 heavy (non-hydrogen) atoms. The van der Waals surface area contributed by atoms with Gasteiger partial charge in [-0.05, 0) is 111 Å². The minimum Gasteiger partial charge on any atom is -0.309 e. The van der Waals surface area contributed by atoms with E-state index in [0.29, 0.717) is 0 Å². The first kappa shape index (κ1) is 32.9. The van der Waals surface area contributed by atoms with Gasteiger partial charge in [0, 0.05) is 11.0 Å². The summed E-state index contributed by atoms with van der Waals surface area (Å²) in [5, 5.41) is 6.05. The summed E-state index contributed by atoms with van der Waals surface area (Å²) >= 11 is 0. The molecule has 0 aromatic heterocycles. The summed E-state index contributed by atoms with van der Waals surface area (Å²) in [7, 11) is -2.79. The number of rotatable bonds is 1. The number of para-hydroxylation sites is 2. The van der Waals surface area contributed by atoms with Crippen LogP contribution in [0.4, 0.5) is 17.1 Å². The lowest BCUT2D eigenvalue weighted by molar-refractivity contribution is 0.662. The molecule has 0 saturated carbocycles. The first-order valence-electron chi connectivity index (χ1n) is 21.4. The number of benzene rings is 9. The summed E-state index contributed by atoms with van der Waals surface area (Å²) in [5.74, 6) is 0. The maximum atomic E-state index is 2.69. The molecule has 0 amide bonds. The molecule has 0 atom stereocenters. The van der Waals surface area contributed by atoms with Crippen molar-refractivity contribution in [1.82, 2.24) is 0 Å². The highest BCUT2D eigenvalue weighted by atomic mass is 28.3. The van der Waals surface area contributed by atoms with Gasteiger partial charge in [-0.1, -0.05) is 196 Å². The molecule has 9 aromatic carbocycles. The Hall–Kier alpha value is -7.00. The largest absolute Gasteiger partial charge is 0.309 e. The molecule has 0 N–H and O–H groups in total. The van der Waals surface area contributed by atoms with Crippen molar-refractivity contribution < 1.29 is 0 Å². The Morgan fingerprint density at radius 2 is 0.733 bits per heavy atom. The number of fused-ring (bicyclic) bond motifs is 23. The van der Waals surface area contributed by atoms with Crippen LogP contribution in [0.15, 0.2) is 200 Å². The van der Waals surface area contributed by atoms with Crippen LogP contribution in [-0.2, 0) is 10.8 Å². The molecule has 0 radical (unpaired) electrons. The van der Waals surface area contributed by atoms with Crippen molar-refractivity contribution >= 4 is 45.9 Å². The van der Waals surface area contributed by atoms with Gasteiger partial charge in [-0.15, -0.1) is 0 Å². The Morgan fingerprint density at radius 1 is 0.333 bits per heavy atom. The van der Waals surface area contributed by atoms with Crippen LogP contribution in [0, 0.1) is 0 Å². The molecular weight excluding hydrogens is 739 g/mol. The number of nitrogens with zero attached hydrogens (tertiary/aromatic N) is 1. The van der Waals surface area contributed by atoms with Crippen LogP contribution in [0.25, 0.3) is 44.5 Å². The van der Waals surface area contributed by atoms with Gasteiger partial charge in [0.2, 0.25) is 0 Å². The van der Waals surface area contributed by atoms with Crippen LogP contribution in [-0.4, -0.2) is 8.07 Å². The maximum absolute atomic E-state index is 2.79. The fourth-order valence-electron chi connectivity index (χ4n) is 13.0. The second-order valence-corrected chi connectivity index (χ2v) is 21.5. The Balaban J connectivity index is 1.16. The molecule has 2 spiro atoms. The van der Waals surface area contributed by atoms with E-state index in [4.69, 9.17) is 0 Å². The molecule has 280 valence electrons. The van der Waals surface area contributed by atoms with Crippen LogP contribution in [0.1, 0.15) is 47.2 Å². The molecule has 2 heteroatoms. The smallest absolute Gasteiger partial charge is 0.182 e. The lowest BCUT2D eigenvalue weighted by Crippen LogP contribution is -2.70. The first-order valence-corrected chi connectivity index (χ1v) is 23.4. The monoisotopic (exact) mass is 777 g/mol. The fourth-order valence-corrected chi connectivity index (χ4v) is 18.6. The van der Waals surface area contributed by atoms with Crippen LogP contribution in [0.3, 0.4) is 0 Å². The number of hydrogen-bond acceptors (Lipinski definition) is 1. The van der Waals surface area contributed by atoms with Gasteiger partial charge in [0.25, 0.3) is 0 Å². The highest BCUT2D eigenvalue weighted by Gasteiger charge is 2.58. The summed E-state index contributed by atoms with van der Waals surface area (Å²) in [6.45, 7) is 4.96. The Morgan fingerprint density at radius 3 is 1.28 bits per heavy atom. The molecule has 0 bridgehead atoms.